The van der Waals surface area contributed by atoms with Crippen molar-refractivity contribution in [2.45, 2.75) is 501 Å². The molecule has 0 fully saturated rings. The zero-order chi connectivity index (χ0) is 69.1. The Kier molecular flexibility index (Phi) is 83.3. The Bertz CT molecular complexity index is 1600. The number of carbonyl (C=O) groups is 2. The third kappa shape index (κ3) is 80.8. The van der Waals surface area contributed by atoms with Crippen LogP contribution in [0.2, 0.25) is 0 Å². The van der Waals surface area contributed by atoms with Gasteiger partial charge in [0.15, 0.2) is 0 Å². The number of ether oxygens (including phenoxy) is 1. The number of hydrogen-bond acceptors (Lipinski definition) is 5. The Morgan fingerprint density at radius 2 is 0.521 bits per heavy atom. The van der Waals surface area contributed by atoms with Crippen LogP contribution in [-0.2, 0) is 14.3 Å². The Morgan fingerprint density at radius 1 is 0.292 bits per heavy atom. The fraction of sp³-hybridized carbons (Fsp3) is 0.889. The minimum Gasteiger partial charge on any atom is -0.466 e. The van der Waals surface area contributed by atoms with Gasteiger partial charge in [-0.15, -0.1) is 0 Å². The molecule has 0 aromatic heterocycles. The van der Waals surface area contributed by atoms with Gasteiger partial charge in [0, 0.05) is 12.8 Å². The molecule has 0 heterocycles. The van der Waals surface area contributed by atoms with E-state index in [1.165, 1.54) is 411 Å². The van der Waals surface area contributed by atoms with E-state index in [0.717, 1.165) is 51.4 Å². The minimum absolute atomic E-state index is 0.0152. The van der Waals surface area contributed by atoms with E-state index in [-0.39, 0.29) is 18.5 Å². The number of amides is 1. The quantitative estimate of drug-likeness (QED) is 0.0320. The van der Waals surface area contributed by atoms with Crippen LogP contribution in [0.3, 0.4) is 0 Å². The molecule has 0 aliphatic rings. The highest BCUT2D eigenvalue weighted by atomic mass is 16.5. The van der Waals surface area contributed by atoms with Crippen LogP contribution in [-0.4, -0.2) is 47.4 Å². The SMILES string of the molecule is CCCCC/C=C\C/C=C\CCCCCCCCCC(=O)OCCCCCCCCCCCCCCCCCCCC/C=C\CCCCCCCCCCCCCCCCCCCC(=O)NC(CO)C(O)/C=C/CCCCCCCCCCCCCCCCCCCCCCC. The van der Waals surface area contributed by atoms with Crippen molar-refractivity contribution in [1.82, 2.24) is 5.32 Å². The average molecular weight is 1350 g/mol. The predicted molar refractivity (Wildman–Crippen MR) is 426 cm³/mol. The molecular weight excluding hydrogens is 1170 g/mol. The van der Waals surface area contributed by atoms with Crippen molar-refractivity contribution >= 4 is 11.9 Å². The number of nitrogens with one attached hydrogen (secondary N) is 1. The average Bonchev–Trinajstić information content (AvgIpc) is 3.15. The number of esters is 1. The third-order valence-electron chi connectivity index (χ3n) is 20.6. The highest BCUT2D eigenvalue weighted by Crippen LogP contribution is 2.20. The van der Waals surface area contributed by atoms with E-state index in [1.54, 1.807) is 6.08 Å². The van der Waals surface area contributed by atoms with Crippen LogP contribution in [0.15, 0.2) is 48.6 Å². The van der Waals surface area contributed by atoms with Gasteiger partial charge in [0.1, 0.15) is 0 Å². The van der Waals surface area contributed by atoms with Crippen LogP contribution >= 0.6 is 0 Å². The Balaban J connectivity index is 3.35. The lowest BCUT2D eigenvalue weighted by Crippen LogP contribution is -2.45. The Labute approximate surface area is 601 Å². The second kappa shape index (κ2) is 85.2. The second-order valence-electron chi connectivity index (χ2n) is 30.2. The maximum absolute atomic E-state index is 12.6. The Morgan fingerprint density at radius 3 is 0.823 bits per heavy atom. The summed E-state index contributed by atoms with van der Waals surface area (Å²) < 4.78 is 5.51. The van der Waals surface area contributed by atoms with Crippen molar-refractivity contribution in [3.8, 4) is 0 Å². The molecule has 0 saturated heterocycles. The summed E-state index contributed by atoms with van der Waals surface area (Å²) in [7, 11) is 0. The summed E-state index contributed by atoms with van der Waals surface area (Å²) in [5, 5.41) is 23.3. The molecule has 2 unspecified atom stereocenters. The van der Waals surface area contributed by atoms with Gasteiger partial charge < -0.3 is 20.3 Å². The molecule has 6 nitrogen and oxygen atoms in total. The lowest BCUT2D eigenvalue weighted by atomic mass is 10.0. The molecule has 0 radical (unpaired) electrons. The molecule has 3 N–H and O–H groups in total. The number of unbranched alkanes of at least 4 members (excludes halogenated alkanes) is 66. The number of aliphatic hydroxyl groups is 2. The molecular formula is C90H171NO5. The lowest BCUT2D eigenvalue weighted by Gasteiger charge is -2.20. The summed E-state index contributed by atoms with van der Waals surface area (Å²) in [6.45, 7) is 4.93. The maximum Gasteiger partial charge on any atom is 0.305 e. The summed E-state index contributed by atoms with van der Waals surface area (Å²) in [5.74, 6) is -0.0433. The van der Waals surface area contributed by atoms with E-state index in [9.17, 15) is 19.8 Å². The smallest absolute Gasteiger partial charge is 0.305 e. The topological polar surface area (TPSA) is 95.9 Å². The number of hydrogen-bond donors (Lipinski definition) is 3. The monoisotopic (exact) mass is 1350 g/mol. The van der Waals surface area contributed by atoms with Crippen molar-refractivity contribution in [2.75, 3.05) is 13.2 Å². The maximum atomic E-state index is 12.6. The number of aliphatic hydroxyl groups excluding tert-OH is 2. The van der Waals surface area contributed by atoms with Crippen LogP contribution in [0.1, 0.15) is 489 Å². The first-order chi connectivity index (χ1) is 47.5. The number of carbonyl (C=O) groups excluding carboxylic acids is 2. The van der Waals surface area contributed by atoms with Crippen molar-refractivity contribution in [1.29, 1.82) is 0 Å². The summed E-state index contributed by atoms with van der Waals surface area (Å²) in [4.78, 5) is 24.7. The number of allylic oxidation sites excluding steroid dienone is 7. The highest BCUT2D eigenvalue weighted by Gasteiger charge is 2.18. The van der Waals surface area contributed by atoms with E-state index in [0.29, 0.717) is 19.4 Å². The predicted octanol–water partition coefficient (Wildman–Crippen LogP) is 29.5. The van der Waals surface area contributed by atoms with Crippen molar-refractivity contribution in [3.05, 3.63) is 48.6 Å². The molecule has 0 aliphatic heterocycles. The van der Waals surface area contributed by atoms with Crippen LogP contribution in [0.4, 0.5) is 0 Å². The van der Waals surface area contributed by atoms with Crippen LogP contribution in [0, 0.1) is 0 Å². The van der Waals surface area contributed by atoms with Crippen LogP contribution in [0.25, 0.3) is 0 Å². The van der Waals surface area contributed by atoms with Gasteiger partial charge in [0.25, 0.3) is 0 Å². The van der Waals surface area contributed by atoms with Gasteiger partial charge >= 0.3 is 5.97 Å². The molecule has 0 aromatic carbocycles. The van der Waals surface area contributed by atoms with E-state index in [4.69, 9.17) is 4.74 Å². The fourth-order valence-corrected chi connectivity index (χ4v) is 13.9. The first kappa shape index (κ1) is 93.8. The summed E-state index contributed by atoms with van der Waals surface area (Å²) >= 11 is 0. The normalized spacial score (nSPS) is 12.7. The second-order valence-corrected chi connectivity index (χ2v) is 30.2. The summed E-state index contributed by atoms with van der Waals surface area (Å²) in [6.07, 6.45) is 114. The zero-order valence-corrected chi connectivity index (χ0v) is 65.1. The van der Waals surface area contributed by atoms with E-state index in [1.807, 2.05) is 6.08 Å². The van der Waals surface area contributed by atoms with Crippen molar-refractivity contribution in [3.63, 3.8) is 0 Å². The van der Waals surface area contributed by atoms with E-state index in [2.05, 4.69) is 55.6 Å². The fourth-order valence-electron chi connectivity index (χ4n) is 13.9. The first-order valence-electron chi connectivity index (χ1n) is 43.9. The van der Waals surface area contributed by atoms with Crippen molar-refractivity contribution in [2.24, 2.45) is 0 Å². The molecule has 0 bridgehead atoms. The van der Waals surface area contributed by atoms with Crippen LogP contribution in [0.5, 0.6) is 0 Å². The van der Waals surface area contributed by atoms with Gasteiger partial charge in [-0.1, -0.05) is 435 Å². The Hall–Kier alpha value is -2.18. The highest BCUT2D eigenvalue weighted by molar-refractivity contribution is 5.76. The molecule has 0 rings (SSSR count). The lowest BCUT2D eigenvalue weighted by molar-refractivity contribution is -0.143. The minimum atomic E-state index is -0.843. The summed E-state index contributed by atoms with van der Waals surface area (Å²) in [5.41, 5.74) is 0. The van der Waals surface area contributed by atoms with Gasteiger partial charge in [-0.05, 0) is 89.9 Å². The van der Waals surface area contributed by atoms with Gasteiger partial charge in [-0.3, -0.25) is 9.59 Å². The molecule has 0 aliphatic carbocycles. The summed E-state index contributed by atoms with van der Waals surface area (Å²) in [6, 6.07) is -0.626. The van der Waals surface area contributed by atoms with Gasteiger partial charge in [-0.25, -0.2) is 0 Å². The standard InChI is InChI=1S/C90H171NO5/c1-3-5-7-9-11-13-15-17-19-21-22-23-41-44-47-51-54-58-62-66-70-74-78-82-88(93)87(86-92)91-89(94)83-79-75-71-67-63-59-55-52-48-45-42-39-37-35-33-31-29-27-25-24-26-28-30-32-34-36-38-40-43-46-49-53-57-61-65-69-73-77-81-85-96-90(95)84-80-76-72-68-64-60-56-50-20-18-16-14-12-10-8-6-4-2/h12,14,18,20,24-25,78,82,87-88,92-93H,3-11,13,15-17,19,21-23,26-77,79-81,83-86H2,1-2H3,(H,91,94)/b14-12-,20-18-,25-24-,82-78+. The van der Waals surface area contributed by atoms with Crippen LogP contribution < -0.4 is 5.32 Å². The number of rotatable bonds is 83. The molecule has 566 valence electrons. The van der Waals surface area contributed by atoms with E-state index >= 15 is 0 Å². The molecule has 0 spiro atoms. The molecule has 96 heavy (non-hydrogen) atoms. The van der Waals surface area contributed by atoms with Gasteiger partial charge in [0.2, 0.25) is 5.91 Å². The zero-order valence-electron chi connectivity index (χ0n) is 65.1. The molecule has 0 saturated carbocycles. The molecule has 0 aromatic rings. The molecule has 1 amide bonds. The largest absolute Gasteiger partial charge is 0.466 e. The van der Waals surface area contributed by atoms with Gasteiger partial charge in [-0.2, -0.15) is 0 Å². The molecule has 6 heteroatoms. The van der Waals surface area contributed by atoms with Crippen molar-refractivity contribution < 1.29 is 24.5 Å². The third-order valence-corrected chi connectivity index (χ3v) is 20.6. The van der Waals surface area contributed by atoms with Gasteiger partial charge in [0.05, 0.1) is 25.4 Å². The molecule has 2 atom stereocenters. The first-order valence-corrected chi connectivity index (χ1v) is 43.9. The van der Waals surface area contributed by atoms with E-state index < -0.39 is 12.1 Å².